The second-order valence-electron chi connectivity index (χ2n) is 6.04. The molecule has 0 bridgehead atoms. The van der Waals surface area contributed by atoms with E-state index in [9.17, 15) is 4.39 Å². The lowest BCUT2D eigenvalue weighted by atomic mass is 9.64. The second kappa shape index (κ2) is 4.39. The van der Waals surface area contributed by atoms with Crippen LogP contribution in [-0.4, -0.2) is 35.4 Å². The number of ether oxygens (including phenoxy) is 1. The van der Waals surface area contributed by atoms with E-state index >= 15 is 0 Å². The van der Waals surface area contributed by atoms with Crippen LogP contribution in [0.3, 0.4) is 0 Å². The third-order valence-electron chi connectivity index (χ3n) is 4.83. The summed E-state index contributed by atoms with van der Waals surface area (Å²) in [7, 11) is 0. The highest BCUT2D eigenvalue weighted by Crippen LogP contribution is 2.50. The van der Waals surface area contributed by atoms with Gasteiger partial charge in [0.25, 0.3) is 0 Å². The summed E-state index contributed by atoms with van der Waals surface area (Å²) in [6, 6.07) is 0.0979. The Morgan fingerprint density at radius 2 is 1.88 bits per heavy atom. The number of rotatable bonds is 1. The number of nitrogens with two attached hydrogens (primary N) is 1. The lowest BCUT2D eigenvalue weighted by Gasteiger charge is -2.51. The van der Waals surface area contributed by atoms with Crippen LogP contribution in [0.5, 0.6) is 0 Å². The molecule has 0 aromatic carbocycles. The Labute approximate surface area is 107 Å². The zero-order chi connectivity index (χ0) is 11.9. The molecule has 2 aliphatic heterocycles. The molecule has 1 spiro atoms. The van der Waals surface area contributed by atoms with Gasteiger partial charge in [-0.2, -0.15) is 11.8 Å². The fourth-order valence-electron chi connectivity index (χ4n) is 3.71. The highest BCUT2D eigenvalue weighted by molar-refractivity contribution is 7.99. The van der Waals surface area contributed by atoms with Crippen molar-refractivity contribution in [3.8, 4) is 0 Å². The summed E-state index contributed by atoms with van der Waals surface area (Å²) in [5, 5.41) is 0. The van der Waals surface area contributed by atoms with Gasteiger partial charge < -0.3 is 10.5 Å². The highest BCUT2D eigenvalue weighted by Gasteiger charge is 2.53. The molecule has 98 valence electrons. The zero-order valence-electron chi connectivity index (χ0n) is 10.3. The Morgan fingerprint density at radius 1 is 1.18 bits per heavy atom. The molecule has 1 atom stereocenters. The molecule has 2 N–H and O–H groups in total. The minimum atomic E-state index is -0.971. The standard InChI is InChI=1S/C13H22FNOS/c14-13(8-11(15)9-13)10-1-4-16-12(7-10)2-5-17-6-3-12/h10-11H,1-9,15H2. The fourth-order valence-corrected chi connectivity index (χ4v) is 4.94. The van der Waals surface area contributed by atoms with Crippen molar-refractivity contribution in [1.29, 1.82) is 0 Å². The Morgan fingerprint density at radius 3 is 2.53 bits per heavy atom. The quantitative estimate of drug-likeness (QED) is 0.786. The first-order valence-electron chi connectivity index (χ1n) is 6.78. The molecule has 0 radical (unpaired) electrons. The number of hydrogen-bond acceptors (Lipinski definition) is 3. The third kappa shape index (κ3) is 2.24. The van der Waals surface area contributed by atoms with E-state index in [1.54, 1.807) is 0 Å². The van der Waals surface area contributed by atoms with Crippen LogP contribution < -0.4 is 5.73 Å². The van der Waals surface area contributed by atoms with E-state index in [1.807, 2.05) is 11.8 Å². The van der Waals surface area contributed by atoms with Crippen LogP contribution in [0.4, 0.5) is 4.39 Å². The SMILES string of the molecule is NC1CC(F)(C2CCOC3(CCSCC3)C2)C1. The lowest BCUT2D eigenvalue weighted by Crippen LogP contribution is -2.57. The summed E-state index contributed by atoms with van der Waals surface area (Å²) in [6.45, 7) is 0.746. The number of alkyl halides is 1. The van der Waals surface area contributed by atoms with Gasteiger partial charge >= 0.3 is 0 Å². The van der Waals surface area contributed by atoms with Gasteiger partial charge in [0.15, 0.2) is 0 Å². The Balaban J connectivity index is 1.67. The molecule has 1 aliphatic carbocycles. The Bertz CT molecular complexity index is 282. The summed E-state index contributed by atoms with van der Waals surface area (Å²) < 4.78 is 20.7. The molecule has 2 saturated heterocycles. The molecular formula is C13H22FNOS. The maximum absolute atomic E-state index is 14.6. The van der Waals surface area contributed by atoms with Crippen molar-refractivity contribution in [3.05, 3.63) is 0 Å². The molecule has 0 aromatic rings. The average molecular weight is 259 g/mol. The summed E-state index contributed by atoms with van der Waals surface area (Å²) in [4.78, 5) is 0. The summed E-state index contributed by atoms with van der Waals surface area (Å²) in [6.07, 6.45) is 5.17. The Hall–Kier alpha value is 0.200. The summed E-state index contributed by atoms with van der Waals surface area (Å²) >= 11 is 2.00. The van der Waals surface area contributed by atoms with E-state index in [-0.39, 0.29) is 17.6 Å². The number of hydrogen-bond donors (Lipinski definition) is 1. The molecule has 2 nitrogen and oxygen atoms in total. The molecule has 4 heteroatoms. The Kier molecular flexibility index (Phi) is 3.16. The monoisotopic (exact) mass is 259 g/mol. The minimum absolute atomic E-state index is 0.00689. The molecule has 0 amide bonds. The second-order valence-corrected chi connectivity index (χ2v) is 7.26. The predicted molar refractivity (Wildman–Crippen MR) is 69.0 cm³/mol. The van der Waals surface area contributed by atoms with E-state index in [1.165, 1.54) is 11.5 Å². The maximum Gasteiger partial charge on any atom is 0.117 e. The van der Waals surface area contributed by atoms with Crippen LogP contribution in [0.15, 0.2) is 0 Å². The molecular weight excluding hydrogens is 237 g/mol. The molecule has 0 aromatic heterocycles. The van der Waals surface area contributed by atoms with Gasteiger partial charge in [-0.3, -0.25) is 0 Å². The van der Waals surface area contributed by atoms with Crippen molar-refractivity contribution in [3.63, 3.8) is 0 Å². The normalized spacial score (nSPS) is 45.5. The van der Waals surface area contributed by atoms with Crippen molar-refractivity contribution in [1.82, 2.24) is 0 Å². The first-order chi connectivity index (χ1) is 8.12. The smallest absolute Gasteiger partial charge is 0.117 e. The van der Waals surface area contributed by atoms with Gasteiger partial charge in [0.2, 0.25) is 0 Å². The van der Waals surface area contributed by atoms with Crippen molar-refractivity contribution in [2.75, 3.05) is 18.1 Å². The molecule has 1 saturated carbocycles. The van der Waals surface area contributed by atoms with Gasteiger partial charge in [-0.25, -0.2) is 4.39 Å². The van der Waals surface area contributed by atoms with Gasteiger partial charge in [-0.05, 0) is 55.9 Å². The molecule has 3 aliphatic rings. The summed E-state index contributed by atoms with van der Waals surface area (Å²) in [5.74, 6) is 2.54. The summed E-state index contributed by atoms with van der Waals surface area (Å²) in [5.41, 5.74) is 4.79. The van der Waals surface area contributed by atoms with Gasteiger partial charge in [0.05, 0.1) is 5.60 Å². The van der Waals surface area contributed by atoms with E-state index in [4.69, 9.17) is 10.5 Å². The average Bonchev–Trinajstić information content (AvgIpc) is 2.28. The topological polar surface area (TPSA) is 35.2 Å². The van der Waals surface area contributed by atoms with E-state index in [2.05, 4.69) is 0 Å². The van der Waals surface area contributed by atoms with Crippen LogP contribution in [0, 0.1) is 5.92 Å². The first-order valence-corrected chi connectivity index (χ1v) is 7.94. The predicted octanol–water partition coefficient (Wildman–Crippen LogP) is 2.51. The zero-order valence-corrected chi connectivity index (χ0v) is 11.1. The largest absolute Gasteiger partial charge is 0.375 e. The van der Waals surface area contributed by atoms with Crippen LogP contribution in [0.25, 0.3) is 0 Å². The van der Waals surface area contributed by atoms with Crippen LogP contribution in [0.1, 0.15) is 38.5 Å². The van der Waals surface area contributed by atoms with Crippen molar-refractivity contribution in [2.45, 2.75) is 55.8 Å². The molecule has 3 fully saturated rings. The fraction of sp³-hybridized carbons (Fsp3) is 1.00. The van der Waals surface area contributed by atoms with Gasteiger partial charge in [0.1, 0.15) is 5.67 Å². The molecule has 17 heavy (non-hydrogen) atoms. The van der Waals surface area contributed by atoms with E-state index < -0.39 is 5.67 Å². The third-order valence-corrected chi connectivity index (χ3v) is 5.82. The molecule has 3 rings (SSSR count). The van der Waals surface area contributed by atoms with Gasteiger partial charge in [-0.15, -0.1) is 0 Å². The number of thioether (sulfide) groups is 1. The molecule has 2 heterocycles. The van der Waals surface area contributed by atoms with Gasteiger partial charge in [0, 0.05) is 12.6 Å². The minimum Gasteiger partial charge on any atom is -0.375 e. The lowest BCUT2D eigenvalue weighted by molar-refractivity contribution is -0.145. The first kappa shape index (κ1) is 12.2. The van der Waals surface area contributed by atoms with Crippen LogP contribution >= 0.6 is 11.8 Å². The van der Waals surface area contributed by atoms with Crippen molar-refractivity contribution in [2.24, 2.45) is 11.7 Å². The van der Waals surface area contributed by atoms with Crippen LogP contribution in [-0.2, 0) is 4.74 Å². The number of halogens is 1. The molecule has 1 unspecified atom stereocenters. The van der Waals surface area contributed by atoms with E-state index in [0.29, 0.717) is 12.8 Å². The van der Waals surface area contributed by atoms with E-state index in [0.717, 1.165) is 32.3 Å². The highest BCUT2D eigenvalue weighted by atomic mass is 32.2. The maximum atomic E-state index is 14.6. The van der Waals surface area contributed by atoms with Crippen molar-refractivity contribution >= 4 is 11.8 Å². The van der Waals surface area contributed by atoms with Crippen molar-refractivity contribution < 1.29 is 9.13 Å². The van der Waals surface area contributed by atoms with Crippen LogP contribution in [0.2, 0.25) is 0 Å². The van der Waals surface area contributed by atoms with Gasteiger partial charge in [-0.1, -0.05) is 0 Å².